The van der Waals surface area contributed by atoms with Crippen LogP contribution in [0.25, 0.3) is 0 Å². The van der Waals surface area contributed by atoms with E-state index in [4.69, 9.17) is 9.47 Å². The second kappa shape index (κ2) is 5.79. The molecule has 0 fully saturated rings. The number of nitrogens with zero attached hydrogens (tertiary/aromatic N) is 1. The minimum absolute atomic E-state index is 0.0551. The highest BCUT2D eigenvalue weighted by Gasteiger charge is 2.12. The third-order valence-corrected chi connectivity index (χ3v) is 3.25. The maximum atomic E-state index is 12.0. The van der Waals surface area contributed by atoms with Gasteiger partial charge in [0.05, 0.1) is 5.69 Å². The van der Waals surface area contributed by atoms with Crippen molar-refractivity contribution in [3.8, 4) is 11.5 Å². The fourth-order valence-corrected chi connectivity index (χ4v) is 2.06. The molecule has 1 aliphatic rings. The molecule has 2 aromatic carbocycles. The Bertz CT molecular complexity index is 690. The van der Waals surface area contributed by atoms with Crippen LogP contribution in [-0.2, 0) is 0 Å². The van der Waals surface area contributed by atoms with Crippen molar-refractivity contribution in [3.05, 3.63) is 53.6 Å². The molecule has 21 heavy (non-hydrogen) atoms. The van der Waals surface area contributed by atoms with Gasteiger partial charge < -0.3 is 9.47 Å². The van der Waals surface area contributed by atoms with Crippen LogP contribution in [0, 0.1) is 6.92 Å². The minimum Gasteiger partial charge on any atom is -0.454 e. The Balaban J connectivity index is 1.64. The molecule has 0 atom stereocenters. The lowest BCUT2D eigenvalue weighted by Crippen LogP contribution is -1.99. The van der Waals surface area contributed by atoms with Crippen molar-refractivity contribution in [1.29, 1.82) is 0 Å². The average Bonchev–Trinajstić information content (AvgIpc) is 2.95. The third kappa shape index (κ3) is 3.11. The van der Waals surface area contributed by atoms with Gasteiger partial charge in [-0.05, 0) is 19.1 Å². The molecule has 0 saturated heterocycles. The van der Waals surface area contributed by atoms with Crippen LogP contribution in [0.5, 0.6) is 11.5 Å². The maximum Gasteiger partial charge on any atom is 0.231 e. The van der Waals surface area contributed by atoms with E-state index in [9.17, 15) is 4.79 Å². The van der Waals surface area contributed by atoms with Gasteiger partial charge in [-0.1, -0.05) is 29.8 Å². The van der Waals surface area contributed by atoms with Crippen molar-refractivity contribution >= 4 is 17.7 Å². The first-order chi connectivity index (χ1) is 10.2. The Kier molecular flexibility index (Phi) is 3.69. The standard InChI is InChI=1S/C17H15NO3/c1-12-2-4-13(5-3-12)15(19)8-9-18-14-6-7-16-17(10-14)21-11-20-16/h2-7,9-10H,8,11H2,1H3. The van der Waals surface area contributed by atoms with Crippen LogP contribution in [0.2, 0.25) is 0 Å². The van der Waals surface area contributed by atoms with E-state index in [0.29, 0.717) is 11.3 Å². The van der Waals surface area contributed by atoms with E-state index in [0.717, 1.165) is 17.0 Å². The van der Waals surface area contributed by atoms with Gasteiger partial charge in [-0.15, -0.1) is 0 Å². The van der Waals surface area contributed by atoms with E-state index in [1.54, 1.807) is 12.3 Å². The smallest absolute Gasteiger partial charge is 0.231 e. The number of benzene rings is 2. The second-order valence-corrected chi connectivity index (χ2v) is 4.84. The average molecular weight is 281 g/mol. The lowest BCUT2D eigenvalue weighted by molar-refractivity contribution is 0.100. The highest BCUT2D eigenvalue weighted by molar-refractivity contribution is 6.03. The first-order valence-corrected chi connectivity index (χ1v) is 6.74. The quantitative estimate of drug-likeness (QED) is 0.634. The third-order valence-electron chi connectivity index (χ3n) is 3.25. The summed E-state index contributed by atoms with van der Waals surface area (Å²) in [6, 6.07) is 13.0. The number of ketones is 1. The number of rotatable bonds is 4. The van der Waals surface area contributed by atoms with E-state index in [2.05, 4.69) is 4.99 Å². The Hall–Kier alpha value is -2.62. The Morgan fingerprint density at radius 2 is 1.90 bits per heavy atom. The molecule has 2 aromatic rings. The number of Topliss-reactive ketones (excluding diaryl/α,β-unsaturated/α-hetero) is 1. The SMILES string of the molecule is Cc1ccc(C(=O)CC=Nc2ccc3c(c2)OCO3)cc1. The van der Waals surface area contributed by atoms with E-state index in [-0.39, 0.29) is 19.0 Å². The molecular formula is C17H15NO3. The first kappa shape index (κ1) is 13.4. The summed E-state index contributed by atoms with van der Waals surface area (Å²) < 4.78 is 10.5. The first-order valence-electron chi connectivity index (χ1n) is 6.74. The van der Waals surface area contributed by atoms with Crippen LogP contribution >= 0.6 is 0 Å². The zero-order valence-corrected chi connectivity index (χ0v) is 11.7. The molecule has 0 aromatic heterocycles. The predicted octanol–water partition coefficient (Wildman–Crippen LogP) is 3.70. The van der Waals surface area contributed by atoms with Crippen molar-refractivity contribution in [1.82, 2.24) is 0 Å². The van der Waals surface area contributed by atoms with Crippen LogP contribution < -0.4 is 9.47 Å². The Labute approximate surface area is 123 Å². The summed E-state index contributed by atoms with van der Waals surface area (Å²) in [4.78, 5) is 16.3. The van der Waals surface area contributed by atoms with Crippen molar-refractivity contribution in [3.63, 3.8) is 0 Å². The monoisotopic (exact) mass is 281 g/mol. The van der Waals surface area contributed by atoms with Gasteiger partial charge in [0.25, 0.3) is 0 Å². The van der Waals surface area contributed by atoms with Gasteiger partial charge >= 0.3 is 0 Å². The van der Waals surface area contributed by atoms with Gasteiger partial charge in [0.15, 0.2) is 17.3 Å². The van der Waals surface area contributed by atoms with Crippen LogP contribution in [-0.4, -0.2) is 18.8 Å². The molecule has 1 aliphatic heterocycles. The predicted molar refractivity (Wildman–Crippen MR) is 80.8 cm³/mol. The molecular weight excluding hydrogens is 266 g/mol. The fourth-order valence-electron chi connectivity index (χ4n) is 2.06. The summed E-state index contributed by atoms with van der Waals surface area (Å²) >= 11 is 0. The van der Waals surface area contributed by atoms with E-state index < -0.39 is 0 Å². The summed E-state index contributed by atoms with van der Waals surface area (Å²) in [5, 5.41) is 0. The van der Waals surface area contributed by atoms with Gasteiger partial charge in [0.1, 0.15) is 0 Å². The molecule has 0 spiro atoms. The molecule has 0 N–H and O–H groups in total. The maximum absolute atomic E-state index is 12.0. The zero-order chi connectivity index (χ0) is 14.7. The second-order valence-electron chi connectivity index (χ2n) is 4.84. The molecule has 0 amide bonds. The topological polar surface area (TPSA) is 47.9 Å². The number of aryl methyl sites for hydroxylation is 1. The molecule has 4 nitrogen and oxygen atoms in total. The van der Waals surface area contributed by atoms with Crippen LogP contribution in [0.1, 0.15) is 22.3 Å². The molecule has 0 unspecified atom stereocenters. The number of hydrogen-bond acceptors (Lipinski definition) is 4. The molecule has 0 saturated carbocycles. The molecule has 106 valence electrons. The normalized spacial score (nSPS) is 12.8. The lowest BCUT2D eigenvalue weighted by Gasteiger charge is -1.99. The molecule has 0 radical (unpaired) electrons. The summed E-state index contributed by atoms with van der Waals surface area (Å²) in [5.41, 5.74) is 2.59. The number of carbonyl (C=O) groups excluding carboxylic acids is 1. The molecule has 0 aliphatic carbocycles. The summed E-state index contributed by atoms with van der Waals surface area (Å²) in [5.74, 6) is 1.47. The number of ether oxygens (including phenoxy) is 2. The van der Waals surface area contributed by atoms with Gasteiger partial charge in [0, 0.05) is 24.3 Å². The Morgan fingerprint density at radius 3 is 2.71 bits per heavy atom. The van der Waals surface area contributed by atoms with E-state index in [1.807, 2.05) is 43.3 Å². The summed E-state index contributed by atoms with van der Waals surface area (Å²) in [6.45, 7) is 2.24. The van der Waals surface area contributed by atoms with Crippen molar-refractivity contribution in [2.75, 3.05) is 6.79 Å². The van der Waals surface area contributed by atoms with Crippen molar-refractivity contribution in [2.24, 2.45) is 4.99 Å². The lowest BCUT2D eigenvalue weighted by atomic mass is 10.1. The van der Waals surface area contributed by atoms with Crippen molar-refractivity contribution < 1.29 is 14.3 Å². The number of carbonyl (C=O) groups is 1. The molecule has 3 rings (SSSR count). The number of aliphatic imine (C=N–C) groups is 1. The van der Waals surface area contributed by atoms with Crippen LogP contribution in [0.4, 0.5) is 5.69 Å². The Morgan fingerprint density at radius 1 is 1.14 bits per heavy atom. The van der Waals surface area contributed by atoms with Gasteiger partial charge in [-0.3, -0.25) is 9.79 Å². The fraction of sp³-hybridized carbons (Fsp3) is 0.176. The van der Waals surface area contributed by atoms with Gasteiger partial charge in [-0.25, -0.2) is 0 Å². The number of fused-ring (bicyclic) bond motifs is 1. The minimum atomic E-state index is 0.0551. The largest absolute Gasteiger partial charge is 0.454 e. The molecule has 0 bridgehead atoms. The van der Waals surface area contributed by atoms with Crippen LogP contribution in [0.3, 0.4) is 0 Å². The number of hydrogen-bond donors (Lipinski definition) is 0. The van der Waals surface area contributed by atoms with E-state index in [1.165, 1.54) is 0 Å². The van der Waals surface area contributed by atoms with Crippen molar-refractivity contribution in [2.45, 2.75) is 13.3 Å². The highest BCUT2D eigenvalue weighted by Crippen LogP contribution is 2.35. The summed E-state index contributed by atoms with van der Waals surface area (Å²) in [6.07, 6.45) is 1.90. The highest BCUT2D eigenvalue weighted by atomic mass is 16.7. The van der Waals surface area contributed by atoms with Crippen LogP contribution in [0.15, 0.2) is 47.5 Å². The van der Waals surface area contributed by atoms with Gasteiger partial charge in [0.2, 0.25) is 6.79 Å². The zero-order valence-electron chi connectivity index (χ0n) is 11.7. The summed E-state index contributed by atoms with van der Waals surface area (Å²) in [7, 11) is 0. The van der Waals surface area contributed by atoms with Gasteiger partial charge in [-0.2, -0.15) is 0 Å². The molecule has 4 heteroatoms. The van der Waals surface area contributed by atoms with E-state index >= 15 is 0 Å². The molecule has 1 heterocycles.